The molecule has 0 bridgehead atoms. The van der Waals surface area contributed by atoms with Crippen LogP contribution in [0.5, 0.6) is 0 Å². The summed E-state index contributed by atoms with van der Waals surface area (Å²) in [7, 11) is 0. The molecule has 35 heavy (non-hydrogen) atoms. The molecule has 1 atom stereocenters. The van der Waals surface area contributed by atoms with Gasteiger partial charge < -0.3 is 14.4 Å². The Morgan fingerprint density at radius 1 is 1.20 bits per heavy atom. The van der Waals surface area contributed by atoms with E-state index in [0.717, 1.165) is 31.1 Å². The van der Waals surface area contributed by atoms with Crippen LogP contribution >= 0.6 is 31.9 Å². The summed E-state index contributed by atoms with van der Waals surface area (Å²) in [6, 6.07) is 10.7. The Hall–Kier alpha value is -1.97. The summed E-state index contributed by atoms with van der Waals surface area (Å²) in [5, 5.41) is 8.40. The van der Waals surface area contributed by atoms with Crippen LogP contribution in [-0.2, 0) is 14.9 Å². The number of amides is 1. The predicted octanol–water partition coefficient (Wildman–Crippen LogP) is 7.27. The molecule has 1 fully saturated rings. The summed E-state index contributed by atoms with van der Waals surface area (Å²) >= 11 is 7.10. The van der Waals surface area contributed by atoms with Gasteiger partial charge in [0.15, 0.2) is 0 Å². The molecule has 188 valence electrons. The van der Waals surface area contributed by atoms with Gasteiger partial charge in [0.05, 0.1) is 18.2 Å². The molecule has 1 amide bonds. The van der Waals surface area contributed by atoms with E-state index in [1.165, 1.54) is 12.1 Å². The number of rotatable bonds is 5. The standard InChI is InChI=1S/C26H30Br2FN3O3/c1-16(20-13-18(27)14-21-22(20)30-31-23(21)28)34-15-26(17-5-7-19(29)8-6-17)9-11-32(12-10-26)24(33)35-25(2,3)4/h5-8,13-14,16H,9-12,15H2,1-4H3,(H,30,31)/t16-/m1/s1. The normalized spacial score (nSPS) is 16.9. The lowest BCUT2D eigenvalue weighted by Crippen LogP contribution is -2.48. The van der Waals surface area contributed by atoms with Crippen molar-refractivity contribution >= 4 is 48.9 Å². The number of ether oxygens (including phenoxy) is 2. The van der Waals surface area contributed by atoms with Crippen molar-refractivity contribution in [2.24, 2.45) is 0 Å². The molecule has 0 saturated carbocycles. The molecule has 0 spiro atoms. The van der Waals surface area contributed by atoms with E-state index in [4.69, 9.17) is 9.47 Å². The quantitative estimate of drug-likeness (QED) is 0.330. The second kappa shape index (κ2) is 10.2. The van der Waals surface area contributed by atoms with E-state index in [2.05, 4.69) is 42.1 Å². The lowest BCUT2D eigenvalue weighted by molar-refractivity contribution is -0.00934. The van der Waals surface area contributed by atoms with Crippen molar-refractivity contribution in [1.82, 2.24) is 15.1 Å². The Morgan fingerprint density at radius 2 is 1.86 bits per heavy atom. The van der Waals surface area contributed by atoms with Crippen LogP contribution < -0.4 is 0 Å². The third kappa shape index (κ3) is 5.89. The molecular formula is C26H30Br2FN3O3. The molecule has 1 aliphatic heterocycles. The molecule has 2 heterocycles. The Labute approximate surface area is 221 Å². The predicted molar refractivity (Wildman–Crippen MR) is 141 cm³/mol. The number of aromatic amines is 1. The third-order valence-corrected chi connectivity index (χ3v) is 7.55. The summed E-state index contributed by atoms with van der Waals surface area (Å²) in [6.07, 6.45) is 0.838. The minimum absolute atomic E-state index is 0.230. The monoisotopic (exact) mass is 609 g/mol. The zero-order chi connectivity index (χ0) is 25.4. The maximum Gasteiger partial charge on any atom is 0.410 e. The van der Waals surface area contributed by atoms with Gasteiger partial charge in [0.25, 0.3) is 0 Å². The Kier molecular flexibility index (Phi) is 7.60. The van der Waals surface area contributed by atoms with E-state index in [9.17, 15) is 9.18 Å². The lowest BCUT2D eigenvalue weighted by Gasteiger charge is -2.42. The second-order valence-corrected chi connectivity index (χ2v) is 11.8. The minimum atomic E-state index is -0.544. The highest BCUT2D eigenvalue weighted by Crippen LogP contribution is 2.39. The van der Waals surface area contributed by atoms with Gasteiger partial charge in [-0.15, -0.1) is 0 Å². The first-order valence-corrected chi connectivity index (χ1v) is 13.2. The third-order valence-electron chi connectivity index (χ3n) is 6.48. The van der Waals surface area contributed by atoms with Gasteiger partial charge in [-0.2, -0.15) is 5.10 Å². The fourth-order valence-corrected chi connectivity index (χ4v) is 5.39. The van der Waals surface area contributed by atoms with Gasteiger partial charge in [0.1, 0.15) is 16.0 Å². The van der Waals surface area contributed by atoms with Gasteiger partial charge in [0.2, 0.25) is 0 Å². The number of nitrogens with zero attached hydrogens (tertiary/aromatic N) is 2. The van der Waals surface area contributed by atoms with E-state index < -0.39 is 5.60 Å². The number of piperidine rings is 1. The number of halogens is 3. The number of H-pyrrole nitrogens is 1. The van der Waals surface area contributed by atoms with Crippen molar-refractivity contribution in [3.05, 3.63) is 62.4 Å². The smallest absolute Gasteiger partial charge is 0.410 e. The summed E-state index contributed by atoms with van der Waals surface area (Å²) in [6.45, 7) is 9.12. The number of hydrogen-bond donors (Lipinski definition) is 1. The van der Waals surface area contributed by atoms with Crippen molar-refractivity contribution in [3.8, 4) is 0 Å². The highest BCUT2D eigenvalue weighted by Gasteiger charge is 2.39. The number of aromatic nitrogens is 2. The summed E-state index contributed by atoms with van der Waals surface area (Å²) in [4.78, 5) is 14.4. The molecule has 3 aromatic rings. The molecular weight excluding hydrogens is 581 g/mol. The molecule has 1 saturated heterocycles. The SMILES string of the molecule is C[C@@H](OCC1(c2ccc(F)cc2)CCN(C(=O)OC(C)(C)C)CC1)c1cc(Br)cc2c(Br)[nH]nc12. The second-order valence-electron chi connectivity index (χ2n) is 10.1. The number of fused-ring (bicyclic) bond motifs is 1. The zero-order valence-electron chi connectivity index (χ0n) is 20.3. The van der Waals surface area contributed by atoms with Gasteiger partial charge in [-0.05, 0) is 86.3 Å². The van der Waals surface area contributed by atoms with Gasteiger partial charge in [0, 0.05) is 33.9 Å². The van der Waals surface area contributed by atoms with Gasteiger partial charge in [-0.3, -0.25) is 5.10 Å². The molecule has 0 aliphatic carbocycles. The molecule has 0 radical (unpaired) electrons. The molecule has 6 nitrogen and oxygen atoms in total. The first kappa shape index (κ1) is 26.1. The molecule has 4 rings (SSSR count). The van der Waals surface area contributed by atoms with E-state index >= 15 is 0 Å². The van der Waals surface area contributed by atoms with Crippen LogP contribution in [0, 0.1) is 5.82 Å². The van der Waals surface area contributed by atoms with E-state index in [1.54, 1.807) is 4.90 Å². The summed E-state index contributed by atoms with van der Waals surface area (Å²) < 4.78 is 27.5. The topological polar surface area (TPSA) is 67.4 Å². The molecule has 9 heteroatoms. The Bertz CT molecular complexity index is 1200. The highest BCUT2D eigenvalue weighted by molar-refractivity contribution is 9.11. The van der Waals surface area contributed by atoms with Crippen molar-refractivity contribution in [2.45, 2.75) is 57.7 Å². The minimum Gasteiger partial charge on any atom is -0.444 e. The van der Waals surface area contributed by atoms with Crippen molar-refractivity contribution in [1.29, 1.82) is 0 Å². The maximum atomic E-state index is 13.7. The first-order chi connectivity index (χ1) is 16.5. The van der Waals surface area contributed by atoms with Crippen LogP contribution in [0.2, 0.25) is 0 Å². The first-order valence-electron chi connectivity index (χ1n) is 11.7. The fourth-order valence-electron chi connectivity index (χ4n) is 4.53. The van der Waals surface area contributed by atoms with E-state index in [0.29, 0.717) is 32.5 Å². The Balaban J connectivity index is 1.55. The van der Waals surface area contributed by atoms with Gasteiger partial charge in [-0.25, -0.2) is 9.18 Å². The highest BCUT2D eigenvalue weighted by atomic mass is 79.9. The zero-order valence-corrected chi connectivity index (χ0v) is 23.5. The van der Waals surface area contributed by atoms with Crippen molar-refractivity contribution in [2.75, 3.05) is 19.7 Å². The van der Waals surface area contributed by atoms with Crippen LogP contribution in [0.1, 0.15) is 57.8 Å². The molecule has 2 aromatic carbocycles. The van der Waals surface area contributed by atoms with Crippen molar-refractivity contribution in [3.63, 3.8) is 0 Å². The average molecular weight is 611 g/mol. The number of carbonyl (C=O) groups excluding carboxylic acids is 1. The number of likely N-dealkylation sites (tertiary alicyclic amines) is 1. The number of carbonyl (C=O) groups is 1. The summed E-state index contributed by atoms with van der Waals surface area (Å²) in [5.41, 5.74) is 1.94. The molecule has 1 aliphatic rings. The number of hydrogen-bond acceptors (Lipinski definition) is 4. The van der Waals surface area contributed by atoms with Crippen LogP contribution in [0.25, 0.3) is 10.9 Å². The van der Waals surface area contributed by atoms with Crippen LogP contribution in [0.4, 0.5) is 9.18 Å². The molecule has 0 unspecified atom stereocenters. The molecule has 1 N–H and O–H groups in total. The van der Waals surface area contributed by atoms with Crippen LogP contribution in [0.15, 0.2) is 45.5 Å². The van der Waals surface area contributed by atoms with E-state index in [1.807, 2.05) is 52.0 Å². The maximum absolute atomic E-state index is 13.7. The largest absolute Gasteiger partial charge is 0.444 e. The van der Waals surface area contributed by atoms with E-state index in [-0.39, 0.29) is 23.4 Å². The van der Waals surface area contributed by atoms with Crippen LogP contribution in [-0.4, -0.2) is 46.5 Å². The van der Waals surface area contributed by atoms with Gasteiger partial charge >= 0.3 is 6.09 Å². The lowest BCUT2D eigenvalue weighted by atomic mass is 9.73. The Morgan fingerprint density at radius 3 is 2.49 bits per heavy atom. The summed E-state index contributed by atoms with van der Waals surface area (Å²) in [5.74, 6) is -0.273. The average Bonchev–Trinajstić information content (AvgIpc) is 3.17. The number of nitrogens with one attached hydrogen (secondary N) is 1. The van der Waals surface area contributed by atoms with Crippen LogP contribution in [0.3, 0.4) is 0 Å². The van der Waals surface area contributed by atoms with Crippen molar-refractivity contribution < 1.29 is 18.7 Å². The number of benzene rings is 2. The molecule has 1 aromatic heterocycles. The fraction of sp³-hybridized carbons (Fsp3) is 0.462. The van der Waals surface area contributed by atoms with Gasteiger partial charge in [-0.1, -0.05) is 28.1 Å².